The van der Waals surface area contributed by atoms with Crippen LogP contribution in [0.3, 0.4) is 0 Å². The van der Waals surface area contributed by atoms with E-state index in [0.717, 1.165) is 30.9 Å². The van der Waals surface area contributed by atoms with Crippen molar-refractivity contribution in [1.82, 2.24) is 9.13 Å². The van der Waals surface area contributed by atoms with E-state index >= 15 is 0 Å². The van der Waals surface area contributed by atoms with Gasteiger partial charge < -0.3 is 9.84 Å². The first-order valence-corrected chi connectivity index (χ1v) is 12.0. The molecular formula is C22H21ClF4N2O6S. The minimum Gasteiger partial charge on any atom is -0.481 e. The third kappa shape index (κ3) is 5.94. The molecule has 1 fully saturated rings. The SMILES string of the molecule is CCC(COC(=O)C(Sc1cc(-n2c(=O)cc(C(F)(F)F)n(C)c2=O)c(F)cc1Cl)C1CC1)C(=O)O. The van der Waals surface area contributed by atoms with Gasteiger partial charge in [0.15, 0.2) is 0 Å². The average molecular weight is 553 g/mol. The standard InChI is InChI=1S/C22H21ClF4N2O6S/c1-3-10(19(31)32)9-35-20(33)18(11-4-5-11)36-15-7-14(13(24)6-12(15)23)29-17(30)8-16(22(25,26)27)28(2)21(29)34/h6-8,10-11,18H,3-5,9H2,1-2H3,(H,31,32). The fourth-order valence-corrected chi connectivity index (χ4v) is 4.94. The third-order valence-electron chi connectivity index (χ3n) is 5.66. The van der Waals surface area contributed by atoms with E-state index < -0.39 is 57.7 Å². The number of nitrogens with zero attached hydrogens (tertiary/aromatic N) is 2. The van der Waals surface area contributed by atoms with Crippen LogP contribution >= 0.6 is 23.4 Å². The molecule has 1 aliphatic rings. The number of benzene rings is 1. The molecule has 1 aliphatic carbocycles. The Kier molecular flexibility index (Phi) is 8.23. The molecule has 196 valence electrons. The monoisotopic (exact) mass is 552 g/mol. The number of thioether (sulfide) groups is 1. The first-order valence-electron chi connectivity index (χ1n) is 10.7. The van der Waals surface area contributed by atoms with Gasteiger partial charge in [0.1, 0.15) is 23.4 Å². The highest BCUT2D eigenvalue weighted by molar-refractivity contribution is 8.00. The van der Waals surface area contributed by atoms with Gasteiger partial charge >= 0.3 is 23.8 Å². The summed E-state index contributed by atoms with van der Waals surface area (Å²) in [6.07, 6.45) is -3.39. The minimum absolute atomic E-state index is 0.0843. The molecule has 0 amide bonds. The number of carbonyl (C=O) groups is 2. The van der Waals surface area contributed by atoms with Gasteiger partial charge in [0.25, 0.3) is 5.56 Å². The summed E-state index contributed by atoms with van der Waals surface area (Å²) in [7, 11) is 0.796. The fourth-order valence-electron chi connectivity index (χ4n) is 3.40. The lowest BCUT2D eigenvalue weighted by molar-refractivity contribution is -0.151. The number of carboxylic acid groups (broad SMARTS) is 1. The van der Waals surface area contributed by atoms with Crippen LogP contribution in [0.15, 0.2) is 32.7 Å². The van der Waals surface area contributed by atoms with Crippen LogP contribution in [-0.2, 0) is 27.5 Å². The number of aromatic nitrogens is 2. The topological polar surface area (TPSA) is 108 Å². The Morgan fingerprint density at radius 1 is 1.25 bits per heavy atom. The number of carboxylic acids is 1. The van der Waals surface area contributed by atoms with E-state index in [2.05, 4.69) is 0 Å². The molecule has 3 rings (SSSR count). The molecule has 0 spiro atoms. The molecule has 2 unspecified atom stereocenters. The number of hydrogen-bond donors (Lipinski definition) is 1. The summed E-state index contributed by atoms with van der Waals surface area (Å²) < 4.78 is 59.8. The first kappa shape index (κ1) is 27.8. The molecular weight excluding hydrogens is 532 g/mol. The highest BCUT2D eigenvalue weighted by Gasteiger charge is 2.39. The fraction of sp³-hybridized carbons (Fsp3) is 0.455. The first-order chi connectivity index (χ1) is 16.8. The van der Waals surface area contributed by atoms with Crippen molar-refractivity contribution in [3.05, 3.63) is 55.6 Å². The van der Waals surface area contributed by atoms with E-state index in [1.165, 1.54) is 0 Å². The van der Waals surface area contributed by atoms with Crippen molar-refractivity contribution in [2.45, 2.75) is 42.5 Å². The summed E-state index contributed by atoms with van der Waals surface area (Å²) in [4.78, 5) is 49.0. The second-order valence-electron chi connectivity index (χ2n) is 8.23. The lowest BCUT2D eigenvalue weighted by Crippen LogP contribution is -2.41. The van der Waals surface area contributed by atoms with Gasteiger partial charge in [0, 0.05) is 18.0 Å². The van der Waals surface area contributed by atoms with Gasteiger partial charge in [-0.05, 0) is 37.3 Å². The number of esters is 1. The summed E-state index contributed by atoms with van der Waals surface area (Å²) in [6, 6.07) is 1.97. The summed E-state index contributed by atoms with van der Waals surface area (Å²) in [5, 5.41) is 8.15. The van der Waals surface area contributed by atoms with E-state index in [1.807, 2.05) is 0 Å². The average Bonchev–Trinajstić information content (AvgIpc) is 3.61. The van der Waals surface area contributed by atoms with Crippen LogP contribution in [0.5, 0.6) is 0 Å². The number of hydrogen-bond acceptors (Lipinski definition) is 6. The molecule has 1 aromatic heterocycles. The van der Waals surface area contributed by atoms with Crippen molar-refractivity contribution in [1.29, 1.82) is 0 Å². The van der Waals surface area contributed by atoms with Crippen LogP contribution in [0.4, 0.5) is 17.6 Å². The van der Waals surface area contributed by atoms with Crippen LogP contribution in [0, 0.1) is 17.7 Å². The minimum atomic E-state index is -4.99. The molecule has 0 radical (unpaired) electrons. The van der Waals surface area contributed by atoms with E-state index in [0.29, 0.717) is 12.8 Å². The maximum atomic E-state index is 14.8. The van der Waals surface area contributed by atoms with Crippen molar-refractivity contribution in [3.8, 4) is 5.69 Å². The Hall–Kier alpha value is -2.80. The zero-order valence-corrected chi connectivity index (χ0v) is 20.5. The predicted octanol–water partition coefficient (Wildman–Crippen LogP) is 3.87. The van der Waals surface area contributed by atoms with E-state index in [4.69, 9.17) is 21.4 Å². The predicted molar refractivity (Wildman–Crippen MR) is 122 cm³/mol. The molecule has 36 heavy (non-hydrogen) atoms. The molecule has 1 aromatic carbocycles. The van der Waals surface area contributed by atoms with Crippen LogP contribution in [0.2, 0.25) is 5.02 Å². The number of halogens is 5. The zero-order chi connectivity index (χ0) is 26.9. The van der Waals surface area contributed by atoms with E-state index in [-0.39, 0.29) is 44.1 Å². The number of ether oxygens (including phenoxy) is 1. The highest BCUT2D eigenvalue weighted by atomic mass is 35.5. The van der Waals surface area contributed by atoms with E-state index in [9.17, 15) is 36.7 Å². The van der Waals surface area contributed by atoms with Gasteiger partial charge in [-0.1, -0.05) is 18.5 Å². The quantitative estimate of drug-likeness (QED) is 0.286. The molecule has 14 heteroatoms. The van der Waals surface area contributed by atoms with Gasteiger partial charge in [-0.25, -0.2) is 13.8 Å². The van der Waals surface area contributed by atoms with Crippen molar-refractivity contribution < 1.29 is 37.0 Å². The number of alkyl halides is 3. The summed E-state index contributed by atoms with van der Waals surface area (Å²) in [6.45, 7) is 1.29. The maximum absolute atomic E-state index is 14.8. The second kappa shape index (κ2) is 10.7. The zero-order valence-electron chi connectivity index (χ0n) is 19.0. The Labute approximate surface area is 210 Å². The highest BCUT2D eigenvalue weighted by Crippen LogP contribution is 2.44. The van der Waals surface area contributed by atoms with Crippen LogP contribution in [0.25, 0.3) is 5.69 Å². The normalized spacial score (nSPS) is 15.4. The molecule has 0 aliphatic heterocycles. The number of carbonyl (C=O) groups excluding carboxylic acids is 1. The molecule has 2 atom stereocenters. The summed E-state index contributed by atoms with van der Waals surface area (Å²) >= 11 is 7.02. The Bertz CT molecular complexity index is 1310. The van der Waals surface area contributed by atoms with Crippen molar-refractivity contribution in [2.24, 2.45) is 18.9 Å². The summed E-state index contributed by atoms with van der Waals surface area (Å²) in [5.74, 6) is -3.97. The van der Waals surface area contributed by atoms with Gasteiger partial charge in [0.05, 0.1) is 16.6 Å². The van der Waals surface area contributed by atoms with Crippen molar-refractivity contribution in [2.75, 3.05) is 6.61 Å². The van der Waals surface area contributed by atoms with Crippen molar-refractivity contribution >= 4 is 35.3 Å². The molecule has 8 nitrogen and oxygen atoms in total. The van der Waals surface area contributed by atoms with Crippen LogP contribution in [0.1, 0.15) is 31.9 Å². The number of aliphatic carboxylic acids is 1. The Morgan fingerprint density at radius 3 is 2.42 bits per heavy atom. The van der Waals surface area contributed by atoms with Crippen LogP contribution < -0.4 is 11.2 Å². The molecule has 0 bridgehead atoms. The molecule has 1 heterocycles. The maximum Gasteiger partial charge on any atom is 0.431 e. The smallest absolute Gasteiger partial charge is 0.431 e. The summed E-state index contributed by atoms with van der Waals surface area (Å²) in [5.41, 5.74) is -4.97. The Balaban J connectivity index is 1.97. The lowest BCUT2D eigenvalue weighted by atomic mass is 10.1. The third-order valence-corrected chi connectivity index (χ3v) is 7.51. The molecule has 2 aromatic rings. The molecule has 0 saturated heterocycles. The molecule has 1 N–H and O–H groups in total. The lowest BCUT2D eigenvalue weighted by Gasteiger charge is -2.19. The molecule has 1 saturated carbocycles. The van der Waals surface area contributed by atoms with Crippen molar-refractivity contribution in [3.63, 3.8) is 0 Å². The number of rotatable bonds is 9. The second-order valence-corrected chi connectivity index (χ2v) is 9.82. The Morgan fingerprint density at radius 2 is 1.89 bits per heavy atom. The van der Waals surface area contributed by atoms with Gasteiger partial charge in [-0.3, -0.25) is 19.0 Å². The van der Waals surface area contributed by atoms with Gasteiger partial charge in [-0.2, -0.15) is 13.2 Å². The largest absolute Gasteiger partial charge is 0.481 e. The van der Waals surface area contributed by atoms with E-state index in [1.54, 1.807) is 6.92 Å². The van der Waals surface area contributed by atoms with Gasteiger partial charge in [-0.15, -0.1) is 11.8 Å². The van der Waals surface area contributed by atoms with Gasteiger partial charge in [0.2, 0.25) is 0 Å². The van der Waals surface area contributed by atoms with Crippen LogP contribution in [-0.4, -0.2) is 38.0 Å².